The number of hydrogen-bond donors (Lipinski definition) is 0. The van der Waals surface area contributed by atoms with Crippen LogP contribution in [0.2, 0.25) is 0 Å². The van der Waals surface area contributed by atoms with Gasteiger partial charge in [-0.05, 0) is 12.6 Å². The van der Waals surface area contributed by atoms with Gasteiger partial charge in [-0.1, -0.05) is 35.3 Å². The van der Waals surface area contributed by atoms with Crippen LogP contribution in [0, 0.1) is 0 Å². The number of amides is 3. The van der Waals surface area contributed by atoms with Crippen LogP contribution in [0.1, 0.15) is 5.56 Å². The summed E-state index contributed by atoms with van der Waals surface area (Å²) < 4.78 is 1.35. The average molecular weight is 312 g/mol. The quantitative estimate of drug-likeness (QED) is 0.765. The maximum Gasteiger partial charge on any atom is 0.446 e. The van der Waals surface area contributed by atoms with Gasteiger partial charge in [0.2, 0.25) is 11.5 Å². The standard InChI is InChI=1S/C16H18N5O2/c1-19(9-11-7-5-4-6-8-11)10-12-17-13-14(18-12)20(2)16(23)21(3)15(13)22/h4-8H,9-10H2,1-3H3/q+1. The average Bonchev–Trinajstić information content (AvgIpc) is 2.95. The Morgan fingerprint density at radius 3 is 2.52 bits per heavy atom. The number of fused-ring (bicyclic) bond motifs is 1. The highest BCUT2D eigenvalue weighted by Crippen LogP contribution is 2.11. The van der Waals surface area contributed by atoms with E-state index < -0.39 is 11.9 Å². The second-order valence-electron chi connectivity index (χ2n) is 5.68. The summed E-state index contributed by atoms with van der Waals surface area (Å²) in [6, 6.07) is 9.68. The number of aliphatic imine (C=N–C) groups is 2. The van der Waals surface area contributed by atoms with Crippen molar-refractivity contribution in [1.29, 1.82) is 0 Å². The maximum atomic E-state index is 12.1. The number of carbonyl (C=O) groups excluding carboxylic acids is 2. The molecule has 2 aliphatic rings. The third-order valence-corrected chi connectivity index (χ3v) is 3.79. The molecular formula is C16H18N5O2+. The number of rotatable bonds is 4. The molecule has 0 saturated heterocycles. The molecule has 118 valence electrons. The summed E-state index contributed by atoms with van der Waals surface area (Å²) in [4.78, 5) is 35.8. The van der Waals surface area contributed by atoms with Crippen molar-refractivity contribution >= 4 is 29.3 Å². The van der Waals surface area contributed by atoms with Crippen molar-refractivity contribution in [2.24, 2.45) is 9.98 Å². The van der Waals surface area contributed by atoms with E-state index in [4.69, 9.17) is 0 Å². The van der Waals surface area contributed by atoms with Crippen molar-refractivity contribution in [3.05, 3.63) is 35.9 Å². The molecule has 23 heavy (non-hydrogen) atoms. The zero-order chi connectivity index (χ0) is 16.6. The van der Waals surface area contributed by atoms with E-state index in [1.54, 1.807) is 7.05 Å². The summed E-state index contributed by atoms with van der Waals surface area (Å²) in [5.74, 6) is 0.463. The van der Waals surface area contributed by atoms with Gasteiger partial charge in [0.25, 0.3) is 0 Å². The number of hydrogen-bond acceptors (Lipinski definition) is 5. The minimum Gasteiger partial charge on any atom is -0.293 e. The normalized spacial score (nSPS) is 17.7. The van der Waals surface area contributed by atoms with E-state index >= 15 is 0 Å². The van der Waals surface area contributed by atoms with Crippen molar-refractivity contribution < 1.29 is 14.2 Å². The molecule has 0 aliphatic carbocycles. The molecule has 7 nitrogen and oxygen atoms in total. The van der Waals surface area contributed by atoms with Gasteiger partial charge in [-0.25, -0.2) is 14.6 Å². The van der Waals surface area contributed by atoms with Gasteiger partial charge in [0.1, 0.15) is 0 Å². The van der Waals surface area contributed by atoms with Crippen molar-refractivity contribution in [1.82, 2.24) is 9.80 Å². The zero-order valence-corrected chi connectivity index (χ0v) is 13.4. The second-order valence-corrected chi connectivity index (χ2v) is 5.68. The molecule has 2 aliphatic heterocycles. The van der Waals surface area contributed by atoms with Crippen LogP contribution >= 0.6 is 0 Å². The van der Waals surface area contributed by atoms with Crippen molar-refractivity contribution in [3.8, 4) is 0 Å². The fraction of sp³-hybridized carbons (Fsp3) is 0.312. The summed E-state index contributed by atoms with van der Waals surface area (Å²) in [6.07, 6.45) is 0. The Hall–Kier alpha value is -2.67. The molecule has 3 amide bonds. The van der Waals surface area contributed by atoms with Crippen molar-refractivity contribution in [2.45, 2.75) is 6.54 Å². The first-order chi connectivity index (χ1) is 11.0. The highest BCUT2D eigenvalue weighted by Gasteiger charge is 2.44. The summed E-state index contributed by atoms with van der Waals surface area (Å²) in [6.45, 7) is 1.25. The van der Waals surface area contributed by atoms with E-state index in [1.165, 1.54) is 17.2 Å². The van der Waals surface area contributed by atoms with Crippen LogP contribution in [-0.2, 0) is 11.3 Å². The number of urea groups is 1. The first kappa shape index (κ1) is 15.2. The molecule has 0 atom stereocenters. The molecule has 7 heteroatoms. The van der Waals surface area contributed by atoms with Gasteiger partial charge < -0.3 is 0 Å². The van der Waals surface area contributed by atoms with Gasteiger partial charge in [0, 0.05) is 6.54 Å². The maximum absolute atomic E-state index is 12.1. The lowest BCUT2D eigenvalue weighted by Crippen LogP contribution is -2.51. The van der Waals surface area contributed by atoms with Crippen LogP contribution in [0.5, 0.6) is 0 Å². The lowest BCUT2D eigenvalue weighted by atomic mass is 10.2. The molecule has 0 radical (unpaired) electrons. The fourth-order valence-electron chi connectivity index (χ4n) is 2.58. The molecule has 3 rings (SSSR count). The van der Waals surface area contributed by atoms with Crippen LogP contribution < -0.4 is 0 Å². The summed E-state index contributed by atoms with van der Waals surface area (Å²) in [5, 5.41) is 0. The first-order valence-electron chi connectivity index (χ1n) is 7.29. The summed E-state index contributed by atoms with van der Waals surface area (Å²) in [5.41, 5.74) is 1.42. The first-order valence-corrected chi connectivity index (χ1v) is 7.29. The summed E-state index contributed by atoms with van der Waals surface area (Å²) >= 11 is 0. The Morgan fingerprint density at radius 2 is 1.83 bits per heavy atom. The van der Waals surface area contributed by atoms with Gasteiger partial charge >= 0.3 is 17.8 Å². The van der Waals surface area contributed by atoms with Gasteiger partial charge in [-0.3, -0.25) is 4.90 Å². The molecular weight excluding hydrogens is 294 g/mol. The number of likely N-dealkylation sites (N-methyl/N-ethyl adjacent to an activating group) is 1. The number of amidine groups is 2. The van der Waals surface area contributed by atoms with Gasteiger partial charge in [0.15, 0.2) is 0 Å². The fourth-order valence-corrected chi connectivity index (χ4v) is 2.58. The Kier molecular flexibility index (Phi) is 3.87. The van der Waals surface area contributed by atoms with Crippen molar-refractivity contribution in [3.63, 3.8) is 0 Å². The molecule has 0 spiro atoms. The number of carbonyl (C=O) groups is 2. The van der Waals surface area contributed by atoms with E-state index in [1.807, 2.05) is 25.2 Å². The SMILES string of the molecule is CN(CC1=NC2=[N+](C)C(=O)N(C)C(=O)C2=N1)Cc1ccccc1. The predicted molar refractivity (Wildman–Crippen MR) is 87.0 cm³/mol. The molecule has 0 fully saturated rings. The number of benzene rings is 1. The van der Waals surface area contributed by atoms with Crippen LogP contribution in [0.25, 0.3) is 0 Å². The third kappa shape index (κ3) is 2.83. The highest BCUT2D eigenvalue weighted by molar-refractivity contribution is 6.70. The van der Waals surface area contributed by atoms with Crippen LogP contribution in [0.3, 0.4) is 0 Å². The summed E-state index contributed by atoms with van der Waals surface area (Å²) in [7, 11) is 5.00. The molecule has 1 aromatic rings. The third-order valence-electron chi connectivity index (χ3n) is 3.79. The molecule has 1 aromatic carbocycles. The van der Waals surface area contributed by atoms with E-state index in [0.717, 1.165) is 11.4 Å². The van der Waals surface area contributed by atoms with Crippen molar-refractivity contribution in [2.75, 3.05) is 27.7 Å². The monoisotopic (exact) mass is 312 g/mol. The van der Waals surface area contributed by atoms with E-state index in [-0.39, 0.29) is 5.71 Å². The molecule has 0 N–H and O–H groups in total. The lowest BCUT2D eigenvalue weighted by molar-refractivity contribution is -0.401. The zero-order valence-electron chi connectivity index (χ0n) is 13.4. The Labute approximate surface area is 134 Å². The van der Waals surface area contributed by atoms with E-state index in [9.17, 15) is 9.59 Å². The molecule has 0 bridgehead atoms. The van der Waals surface area contributed by atoms with E-state index in [0.29, 0.717) is 18.2 Å². The predicted octanol–water partition coefficient (Wildman–Crippen LogP) is 0.604. The molecule has 0 aromatic heterocycles. The number of nitrogens with zero attached hydrogens (tertiary/aromatic N) is 5. The molecule has 0 saturated carbocycles. The molecule has 2 heterocycles. The van der Waals surface area contributed by atoms with Crippen LogP contribution in [-0.4, -0.2) is 71.4 Å². The molecule has 0 unspecified atom stereocenters. The minimum absolute atomic E-state index is 0.234. The van der Waals surface area contributed by atoms with Crippen LogP contribution in [0.4, 0.5) is 4.79 Å². The number of imide groups is 1. The van der Waals surface area contributed by atoms with Gasteiger partial charge in [-0.15, -0.1) is 0 Å². The Bertz CT molecular complexity index is 764. The minimum atomic E-state index is -0.410. The lowest BCUT2D eigenvalue weighted by Gasteiger charge is -2.15. The second kappa shape index (κ2) is 5.85. The van der Waals surface area contributed by atoms with Crippen LogP contribution in [0.15, 0.2) is 40.3 Å². The van der Waals surface area contributed by atoms with E-state index in [2.05, 4.69) is 27.0 Å². The largest absolute Gasteiger partial charge is 0.446 e. The van der Waals surface area contributed by atoms with Gasteiger partial charge in [0.05, 0.1) is 20.6 Å². The Morgan fingerprint density at radius 1 is 1.13 bits per heavy atom. The topological polar surface area (TPSA) is 68.3 Å². The smallest absolute Gasteiger partial charge is 0.293 e. The Balaban J connectivity index is 1.77. The highest BCUT2D eigenvalue weighted by atomic mass is 16.2. The van der Waals surface area contributed by atoms with Gasteiger partial charge in [-0.2, -0.15) is 9.48 Å².